The molecular weight excluding hydrogens is 453 g/mol. The van der Waals surface area contributed by atoms with Crippen LogP contribution in [-0.2, 0) is 4.79 Å². The Balaban J connectivity index is 0.000000861. The molecule has 5 rings (SSSR count). The van der Waals surface area contributed by atoms with Crippen molar-refractivity contribution in [3.63, 3.8) is 0 Å². The van der Waals surface area contributed by atoms with Crippen LogP contribution >= 0.6 is 0 Å². The number of aliphatic hydroxyl groups excluding tert-OH is 1. The molecule has 4 saturated carbocycles. The molecule has 4 aliphatic carbocycles. The maximum absolute atomic E-state index is 13.7. The largest absolute Gasteiger partial charge is 0.400 e. The van der Waals surface area contributed by atoms with Gasteiger partial charge in [-0.1, -0.05) is 34.1 Å². The zero-order valence-electron chi connectivity index (χ0n) is 23.2. The summed E-state index contributed by atoms with van der Waals surface area (Å²) in [5, 5.41) is 8.34. The van der Waals surface area contributed by atoms with Crippen molar-refractivity contribution in [3.8, 4) is 0 Å². The minimum absolute atomic E-state index is 0.0541. The molecule has 5 N–H and O–H groups in total. The first kappa shape index (κ1) is 28.9. The molecule has 1 aromatic carbocycles. The SMILES string of the molecule is CC.CC1CCC2C(CCC3C2CCC2(C)C(C(=O)CN(N)c4cc(F)ccc4N)CCC32)C1.CO. The van der Waals surface area contributed by atoms with Crippen molar-refractivity contribution in [2.45, 2.75) is 85.5 Å². The maximum atomic E-state index is 13.7. The number of halogens is 1. The van der Waals surface area contributed by atoms with Crippen LogP contribution in [0.25, 0.3) is 0 Å². The second-order valence-electron chi connectivity index (χ2n) is 11.8. The number of rotatable bonds is 4. The number of hydrazine groups is 1. The Morgan fingerprint density at radius 2 is 1.75 bits per heavy atom. The van der Waals surface area contributed by atoms with Crippen LogP contribution in [0.4, 0.5) is 15.8 Å². The Hall–Kier alpha value is -1.66. The van der Waals surface area contributed by atoms with Gasteiger partial charge in [-0.05, 0) is 104 Å². The number of carbonyl (C=O) groups excluding carboxylic acids is 1. The highest BCUT2D eigenvalue weighted by Crippen LogP contribution is 2.64. The van der Waals surface area contributed by atoms with E-state index in [1.54, 1.807) is 0 Å². The highest BCUT2D eigenvalue weighted by molar-refractivity contribution is 5.87. The van der Waals surface area contributed by atoms with Crippen molar-refractivity contribution in [2.75, 3.05) is 24.4 Å². The lowest BCUT2D eigenvalue weighted by molar-refractivity contribution is -0.129. The van der Waals surface area contributed by atoms with Gasteiger partial charge in [0.05, 0.1) is 17.9 Å². The van der Waals surface area contributed by atoms with E-state index < -0.39 is 5.82 Å². The van der Waals surface area contributed by atoms with Crippen molar-refractivity contribution in [1.29, 1.82) is 0 Å². The number of fused-ring (bicyclic) bond motifs is 5. The minimum Gasteiger partial charge on any atom is -0.400 e. The van der Waals surface area contributed by atoms with Crippen LogP contribution in [0.3, 0.4) is 0 Å². The molecule has 8 atom stereocenters. The van der Waals surface area contributed by atoms with E-state index in [-0.39, 0.29) is 23.7 Å². The zero-order chi connectivity index (χ0) is 26.6. The molecule has 0 bridgehead atoms. The predicted molar refractivity (Wildman–Crippen MR) is 147 cm³/mol. The fourth-order valence-electron chi connectivity index (χ4n) is 8.75. The second-order valence-corrected chi connectivity index (χ2v) is 11.8. The summed E-state index contributed by atoms with van der Waals surface area (Å²) in [5.74, 6) is 11.2. The van der Waals surface area contributed by atoms with Gasteiger partial charge in [-0.2, -0.15) is 0 Å². The van der Waals surface area contributed by atoms with Crippen LogP contribution in [0.1, 0.15) is 85.5 Å². The number of hydrogen-bond donors (Lipinski definition) is 3. The third kappa shape index (κ3) is 5.45. The molecule has 204 valence electrons. The lowest BCUT2D eigenvalue weighted by atomic mass is 9.49. The molecule has 4 fully saturated rings. The molecule has 8 unspecified atom stereocenters. The summed E-state index contributed by atoms with van der Waals surface area (Å²) in [4.78, 5) is 13.5. The van der Waals surface area contributed by atoms with E-state index in [1.807, 2.05) is 13.8 Å². The molecule has 0 heterocycles. The molecule has 4 aliphatic rings. The van der Waals surface area contributed by atoms with E-state index >= 15 is 0 Å². The number of anilines is 2. The number of nitrogens with two attached hydrogens (primary N) is 2. The molecule has 0 saturated heterocycles. The highest BCUT2D eigenvalue weighted by Gasteiger charge is 2.58. The first-order valence-corrected chi connectivity index (χ1v) is 14.3. The normalized spacial score (nSPS) is 36.6. The molecule has 0 amide bonds. The van der Waals surface area contributed by atoms with Gasteiger partial charge in [-0.25, -0.2) is 10.2 Å². The summed E-state index contributed by atoms with van der Waals surface area (Å²) in [6, 6.07) is 4.14. The van der Waals surface area contributed by atoms with Gasteiger partial charge in [-0.3, -0.25) is 4.79 Å². The molecule has 1 aromatic rings. The lowest BCUT2D eigenvalue weighted by Crippen LogP contribution is -2.50. The van der Waals surface area contributed by atoms with Crippen molar-refractivity contribution in [2.24, 2.45) is 52.7 Å². The third-order valence-corrected chi connectivity index (χ3v) is 10.2. The molecule has 0 aromatic heterocycles. The van der Waals surface area contributed by atoms with E-state index in [1.165, 1.54) is 74.6 Å². The Morgan fingerprint density at radius 3 is 2.47 bits per heavy atom. The molecule has 0 aliphatic heterocycles. The fourth-order valence-corrected chi connectivity index (χ4v) is 8.75. The van der Waals surface area contributed by atoms with Gasteiger partial charge < -0.3 is 15.8 Å². The Bertz CT molecular complexity index is 880. The van der Waals surface area contributed by atoms with Crippen molar-refractivity contribution in [3.05, 3.63) is 24.0 Å². The van der Waals surface area contributed by atoms with E-state index in [0.29, 0.717) is 17.3 Å². The molecular formula is C30H50FN3O2. The van der Waals surface area contributed by atoms with Crippen LogP contribution in [0, 0.1) is 52.7 Å². The number of benzene rings is 1. The van der Waals surface area contributed by atoms with Crippen molar-refractivity contribution < 1.29 is 14.3 Å². The first-order valence-electron chi connectivity index (χ1n) is 14.3. The first-order chi connectivity index (χ1) is 17.3. The summed E-state index contributed by atoms with van der Waals surface area (Å²) in [5.41, 5.74) is 6.87. The van der Waals surface area contributed by atoms with Gasteiger partial charge in [0.2, 0.25) is 0 Å². The molecule has 36 heavy (non-hydrogen) atoms. The predicted octanol–water partition coefficient (Wildman–Crippen LogP) is 6.20. The van der Waals surface area contributed by atoms with Crippen LogP contribution < -0.4 is 16.6 Å². The van der Waals surface area contributed by atoms with Gasteiger partial charge >= 0.3 is 0 Å². The number of hydrogen-bond acceptors (Lipinski definition) is 5. The smallest absolute Gasteiger partial charge is 0.157 e. The third-order valence-electron chi connectivity index (χ3n) is 10.2. The number of aliphatic hydroxyl groups is 1. The molecule has 0 radical (unpaired) electrons. The quantitative estimate of drug-likeness (QED) is 0.259. The molecule has 0 spiro atoms. The highest BCUT2D eigenvalue weighted by atomic mass is 19.1. The molecule has 5 nitrogen and oxygen atoms in total. The van der Waals surface area contributed by atoms with E-state index in [0.717, 1.165) is 43.1 Å². The minimum atomic E-state index is -0.393. The summed E-state index contributed by atoms with van der Waals surface area (Å²) in [6.07, 6.45) is 11.6. The van der Waals surface area contributed by atoms with Crippen molar-refractivity contribution in [1.82, 2.24) is 0 Å². The van der Waals surface area contributed by atoms with Gasteiger partial charge in [0.1, 0.15) is 5.82 Å². The lowest BCUT2D eigenvalue weighted by Gasteiger charge is -2.56. The summed E-state index contributed by atoms with van der Waals surface area (Å²) < 4.78 is 13.7. The van der Waals surface area contributed by atoms with E-state index in [4.69, 9.17) is 16.7 Å². The maximum Gasteiger partial charge on any atom is 0.157 e. The average Bonchev–Trinajstić information content (AvgIpc) is 3.25. The van der Waals surface area contributed by atoms with E-state index in [9.17, 15) is 9.18 Å². The summed E-state index contributed by atoms with van der Waals surface area (Å²) >= 11 is 0. The van der Waals surface area contributed by atoms with Gasteiger partial charge in [-0.15, -0.1) is 0 Å². The Morgan fingerprint density at radius 1 is 1.06 bits per heavy atom. The summed E-state index contributed by atoms with van der Waals surface area (Å²) in [6.45, 7) is 8.92. The topological polar surface area (TPSA) is 92.6 Å². The number of nitrogen functional groups attached to an aromatic ring is 1. The number of ketones is 1. The van der Waals surface area contributed by atoms with Gasteiger partial charge in [0, 0.05) is 19.1 Å². The number of Topliss-reactive ketones (excluding diaryl/α,β-unsaturated/α-hetero) is 1. The summed E-state index contributed by atoms with van der Waals surface area (Å²) in [7, 11) is 1.00. The molecule has 6 heteroatoms. The van der Waals surface area contributed by atoms with Crippen LogP contribution in [0.2, 0.25) is 0 Å². The van der Waals surface area contributed by atoms with E-state index in [2.05, 4.69) is 13.8 Å². The standard InChI is InChI=1S/C27H40FN3O.C2H6.CH4O/c1-16-3-6-19-17(13-16)4-7-21-20(19)11-12-27(2)22(21)8-9-23(27)26(32)15-31(30)25-14-18(28)5-10-24(25)29;2*1-2/h5,10,14,16-17,19-23H,3-4,6-9,11-13,15,29-30H2,1-2H3;1-2H3;2H,1H3. The Labute approximate surface area is 218 Å². The van der Waals surface area contributed by atoms with Crippen LogP contribution in [0.15, 0.2) is 18.2 Å². The van der Waals surface area contributed by atoms with Crippen LogP contribution in [0.5, 0.6) is 0 Å². The Kier molecular flexibility index (Phi) is 9.84. The van der Waals surface area contributed by atoms with Gasteiger partial charge in [0.25, 0.3) is 0 Å². The zero-order valence-corrected chi connectivity index (χ0v) is 23.2. The number of nitrogens with zero attached hydrogens (tertiary/aromatic N) is 1. The van der Waals surface area contributed by atoms with Crippen LogP contribution in [-0.4, -0.2) is 24.5 Å². The monoisotopic (exact) mass is 503 g/mol. The van der Waals surface area contributed by atoms with Gasteiger partial charge in [0.15, 0.2) is 5.78 Å². The average molecular weight is 504 g/mol. The second kappa shape index (κ2) is 12.3. The van der Waals surface area contributed by atoms with Crippen molar-refractivity contribution >= 4 is 17.2 Å². The number of carbonyl (C=O) groups is 1. The fraction of sp³-hybridized carbons (Fsp3) is 0.767.